The van der Waals surface area contributed by atoms with Gasteiger partial charge in [-0.25, -0.2) is 4.39 Å². The average Bonchev–Trinajstić information content (AvgIpc) is 2.19. The molecule has 0 saturated heterocycles. The lowest BCUT2D eigenvalue weighted by Crippen LogP contribution is -2.39. The van der Waals surface area contributed by atoms with Crippen molar-refractivity contribution in [2.75, 3.05) is 0 Å². The average molecular weight is 273 g/mol. The van der Waals surface area contributed by atoms with Gasteiger partial charge in [0.1, 0.15) is 5.82 Å². The first-order valence-corrected chi connectivity index (χ1v) is 6.05. The van der Waals surface area contributed by atoms with Gasteiger partial charge in [-0.05, 0) is 51.9 Å². The highest BCUT2D eigenvalue weighted by Crippen LogP contribution is 2.45. The van der Waals surface area contributed by atoms with Gasteiger partial charge < -0.3 is 5.11 Å². The van der Waals surface area contributed by atoms with Crippen molar-refractivity contribution in [1.29, 1.82) is 0 Å². The van der Waals surface area contributed by atoms with Gasteiger partial charge >= 0.3 is 0 Å². The lowest BCUT2D eigenvalue weighted by Gasteiger charge is -2.41. The van der Waals surface area contributed by atoms with E-state index in [1.807, 2.05) is 12.1 Å². The summed E-state index contributed by atoms with van der Waals surface area (Å²) < 4.78 is 13.6. The predicted molar refractivity (Wildman–Crippen MR) is 61.2 cm³/mol. The van der Waals surface area contributed by atoms with Crippen molar-refractivity contribution in [2.24, 2.45) is 5.92 Å². The lowest BCUT2D eigenvalue weighted by atomic mass is 9.66. The van der Waals surface area contributed by atoms with Crippen molar-refractivity contribution in [3.63, 3.8) is 0 Å². The molecular formula is C12H14BrFO. The third kappa shape index (κ3) is 1.95. The van der Waals surface area contributed by atoms with Crippen molar-refractivity contribution in [3.05, 3.63) is 34.1 Å². The summed E-state index contributed by atoms with van der Waals surface area (Å²) in [5.41, 5.74) is 1.13. The molecular weight excluding hydrogens is 259 g/mol. The van der Waals surface area contributed by atoms with Gasteiger partial charge in [-0.3, -0.25) is 0 Å². The standard InChI is InChI=1S/C12H14BrFO/c1-2-8-9(6-12(8)15)7-3-4-11(14)10(13)5-7/h3-5,8-9,12,15H,2,6H2,1H3. The maximum atomic E-state index is 13.0. The molecule has 3 atom stereocenters. The van der Waals surface area contributed by atoms with Crippen LogP contribution >= 0.6 is 15.9 Å². The Morgan fingerprint density at radius 2 is 2.27 bits per heavy atom. The Morgan fingerprint density at radius 3 is 2.80 bits per heavy atom. The lowest BCUT2D eigenvalue weighted by molar-refractivity contribution is -0.000761. The first-order chi connectivity index (χ1) is 7.13. The Morgan fingerprint density at radius 1 is 1.53 bits per heavy atom. The largest absolute Gasteiger partial charge is 0.393 e. The summed E-state index contributed by atoms with van der Waals surface area (Å²) in [7, 11) is 0. The Hall–Kier alpha value is -0.410. The van der Waals surface area contributed by atoms with Gasteiger partial charge in [0.15, 0.2) is 0 Å². The van der Waals surface area contributed by atoms with E-state index in [9.17, 15) is 9.50 Å². The summed E-state index contributed by atoms with van der Waals surface area (Å²) in [6.07, 6.45) is 1.60. The van der Waals surface area contributed by atoms with E-state index in [0.717, 1.165) is 18.4 Å². The third-order valence-corrected chi connectivity index (χ3v) is 3.96. The Bertz CT molecular complexity index is 367. The van der Waals surface area contributed by atoms with Crippen LogP contribution in [0.25, 0.3) is 0 Å². The van der Waals surface area contributed by atoms with Crippen LogP contribution in [0.5, 0.6) is 0 Å². The molecule has 1 aromatic carbocycles. The van der Waals surface area contributed by atoms with Crippen molar-refractivity contribution in [3.8, 4) is 0 Å². The molecule has 82 valence electrons. The molecule has 0 amide bonds. The van der Waals surface area contributed by atoms with Crippen LogP contribution in [0.1, 0.15) is 31.2 Å². The van der Waals surface area contributed by atoms with Gasteiger partial charge in [-0.1, -0.05) is 19.4 Å². The molecule has 0 bridgehead atoms. The summed E-state index contributed by atoms with van der Waals surface area (Å²) >= 11 is 3.19. The fourth-order valence-electron chi connectivity index (χ4n) is 2.36. The van der Waals surface area contributed by atoms with Gasteiger partial charge in [0.05, 0.1) is 10.6 Å². The van der Waals surface area contributed by atoms with E-state index in [1.54, 1.807) is 0 Å². The Labute approximate surface area is 97.4 Å². The molecule has 0 aromatic heterocycles. The minimum Gasteiger partial charge on any atom is -0.393 e. The van der Waals surface area contributed by atoms with E-state index in [4.69, 9.17) is 0 Å². The maximum absolute atomic E-state index is 13.0. The van der Waals surface area contributed by atoms with Gasteiger partial charge in [-0.15, -0.1) is 0 Å². The predicted octanol–water partition coefficient (Wildman–Crippen LogP) is 3.46. The molecule has 0 radical (unpaired) electrons. The molecule has 0 spiro atoms. The first-order valence-electron chi connectivity index (χ1n) is 5.26. The summed E-state index contributed by atoms with van der Waals surface area (Å²) in [5, 5.41) is 9.58. The van der Waals surface area contributed by atoms with Crippen LogP contribution < -0.4 is 0 Å². The fraction of sp³-hybridized carbons (Fsp3) is 0.500. The number of hydrogen-bond donors (Lipinski definition) is 1. The molecule has 0 aliphatic heterocycles. The molecule has 1 aromatic rings. The zero-order valence-corrected chi connectivity index (χ0v) is 10.2. The molecule has 1 aliphatic rings. The van der Waals surface area contributed by atoms with E-state index in [0.29, 0.717) is 16.3 Å². The van der Waals surface area contributed by atoms with E-state index < -0.39 is 0 Å². The number of rotatable bonds is 2. The summed E-state index contributed by atoms with van der Waals surface area (Å²) in [4.78, 5) is 0. The maximum Gasteiger partial charge on any atom is 0.137 e. The minimum atomic E-state index is -0.230. The van der Waals surface area contributed by atoms with Gasteiger partial charge in [-0.2, -0.15) is 0 Å². The number of benzene rings is 1. The molecule has 2 rings (SSSR count). The number of aliphatic hydroxyl groups is 1. The topological polar surface area (TPSA) is 20.2 Å². The highest BCUT2D eigenvalue weighted by atomic mass is 79.9. The van der Waals surface area contributed by atoms with Crippen molar-refractivity contribution >= 4 is 15.9 Å². The van der Waals surface area contributed by atoms with Crippen LogP contribution in [0.4, 0.5) is 4.39 Å². The molecule has 1 nitrogen and oxygen atoms in total. The van der Waals surface area contributed by atoms with Crippen molar-refractivity contribution in [1.82, 2.24) is 0 Å². The summed E-state index contributed by atoms with van der Waals surface area (Å²) in [5.74, 6) is 0.496. The molecule has 15 heavy (non-hydrogen) atoms. The Kier molecular flexibility index (Phi) is 3.12. The first kappa shape index (κ1) is 11.1. The van der Waals surface area contributed by atoms with E-state index >= 15 is 0 Å². The molecule has 3 unspecified atom stereocenters. The number of aliphatic hydroxyl groups excluding tert-OH is 1. The number of hydrogen-bond acceptors (Lipinski definition) is 1. The van der Waals surface area contributed by atoms with Gasteiger partial charge in [0.2, 0.25) is 0 Å². The highest BCUT2D eigenvalue weighted by Gasteiger charge is 2.39. The van der Waals surface area contributed by atoms with E-state index in [-0.39, 0.29) is 11.9 Å². The second kappa shape index (κ2) is 4.22. The van der Waals surface area contributed by atoms with Crippen LogP contribution in [0, 0.1) is 11.7 Å². The molecule has 1 aliphatic carbocycles. The zero-order chi connectivity index (χ0) is 11.0. The van der Waals surface area contributed by atoms with Gasteiger partial charge in [0, 0.05) is 0 Å². The van der Waals surface area contributed by atoms with Gasteiger partial charge in [0.25, 0.3) is 0 Å². The van der Waals surface area contributed by atoms with E-state index in [2.05, 4.69) is 22.9 Å². The quantitative estimate of drug-likeness (QED) is 0.874. The zero-order valence-electron chi connectivity index (χ0n) is 8.58. The molecule has 1 N–H and O–H groups in total. The van der Waals surface area contributed by atoms with Crippen LogP contribution in [-0.2, 0) is 0 Å². The fourth-order valence-corrected chi connectivity index (χ4v) is 2.76. The summed E-state index contributed by atoms with van der Waals surface area (Å²) in [6, 6.07) is 5.13. The molecule has 1 fully saturated rings. The van der Waals surface area contributed by atoms with Crippen LogP contribution in [0.2, 0.25) is 0 Å². The summed E-state index contributed by atoms with van der Waals surface area (Å²) in [6.45, 7) is 2.08. The van der Waals surface area contributed by atoms with Crippen molar-refractivity contribution < 1.29 is 9.50 Å². The normalized spacial score (nSPS) is 30.0. The third-order valence-electron chi connectivity index (χ3n) is 3.35. The second-order valence-electron chi connectivity index (χ2n) is 4.16. The minimum absolute atomic E-state index is 0.177. The second-order valence-corrected chi connectivity index (χ2v) is 5.01. The molecule has 0 heterocycles. The SMILES string of the molecule is CCC1C(O)CC1c1ccc(F)c(Br)c1. The van der Waals surface area contributed by atoms with Crippen molar-refractivity contribution in [2.45, 2.75) is 31.8 Å². The van der Waals surface area contributed by atoms with Crippen LogP contribution in [0.3, 0.4) is 0 Å². The Balaban J connectivity index is 2.20. The molecule has 1 saturated carbocycles. The van der Waals surface area contributed by atoms with Crippen LogP contribution in [-0.4, -0.2) is 11.2 Å². The number of halogens is 2. The van der Waals surface area contributed by atoms with E-state index in [1.165, 1.54) is 6.07 Å². The molecule has 3 heteroatoms. The van der Waals surface area contributed by atoms with Crippen LogP contribution in [0.15, 0.2) is 22.7 Å². The monoisotopic (exact) mass is 272 g/mol. The smallest absolute Gasteiger partial charge is 0.137 e. The highest BCUT2D eigenvalue weighted by molar-refractivity contribution is 9.10.